The number of fused-ring (bicyclic) bond motifs is 1. The van der Waals surface area contributed by atoms with Gasteiger partial charge in [0.15, 0.2) is 5.52 Å². The van der Waals surface area contributed by atoms with Crippen LogP contribution in [0.15, 0.2) is 33.6 Å². The van der Waals surface area contributed by atoms with E-state index in [0.717, 1.165) is 10.7 Å². The fraction of sp³-hybridized carbons (Fsp3) is 0.455. The van der Waals surface area contributed by atoms with Gasteiger partial charge in [-0.05, 0) is 32.0 Å². The van der Waals surface area contributed by atoms with Crippen LogP contribution in [0.2, 0.25) is 0 Å². The molecule has 0 bridgehead atoms. The molecule has 2 aromatic heterocycles. The van der Waals surface area contributed by atoms with E-state index in [1.165, 1.54) is 12.1 Å². The second kappa shape index (κ2) is 9.45. The minimum absolute atomic E-state index is 0.149. The average Bonchev–Trinajstić information content (AvgIpc) is 3.19. The zero-order valence-electron chi connectivity index (χ0n) is 18.9. The minimum atomic E-state index is -4.37. The molecule has 3 heterocycles. The fourth-order valence-electron chi connectivity index (χ4n) is 4.10. The van der Waals surface area contributed by atoms with Crippen LogP contribution in [0, 0.1) is 13.8 Å². The maximum absolute atomic E-state index is 13.0. The van der Waals surface area contributed by atoms with E-state index in [2.05, 4.69) is 20.5 Å². The number of rotatable bonds is 6. The molecule has 0 saturated carbocycles. The van der Waals surface area contributed by atoms with Crippen LogP contribution in [0.1, 0.15) is 17.0 Å². The first-order valence-corrected chi connectivity index (χ1v) is 10.9. The first kappa shape index (κ1) is 23.7. The van der Waals surface area contributed by atoms with Crippen molar-refractivity contribution in [3.05, 3.63) is 51.6 Å². The van der Waals surface area contributed by atoms with Gasteiger partial charge < -0.3 is 14.7 Å². The molecule has 1 aromatic carbocycles. The highest BCUT2D eigenvalue weighted by Gasteiger charge is 2.31. The summed E-state index contributed by atoms with van der Waals surface area (Å²) >= 11 is 0. The molecule has 3 aromatic rings. The lowest BCUT2D eigenvalue weighted by atomic mass is 10.1. The van der Waals surface area contributed by atoms with Gasteiger partial charge in [-0.1, -0.05) is 11.2 Å². The molecule has 0 aliphatic carbocycles. The Balaban J connectivity index is 1.25. The first-order chi connectivity index (χ1) is 16.1. The number of carbonyl (C=O) groups excluding carboxylic acids is 1. The standard InChI is InChI=1S/C22H25F3N6O3/c1-14-19-15(2)34-28-20(19)21(33)31(27-14)13-18(32)26-6-7-29-8-10-30(11-9-29)17-5-3-4-16(12-17)22(23,24)25/h3-5,12H,6-11,13H2,1-2H3,(H,26,32). The number of nitrogens with zero attached hydrogens (tertiary/aromatic N) is 5. The lowest BCUT2D eigenvalue weighted by Crippen LogP contribution is -2.48. The molecule has 0 radical (unpaired) electrons. The Morgan fingerprint density at radius 2 is 1.91 bits per heavy atom. The zero-order chi connectivity index (χ0) is 24.5. The van der Waals surface area contributed by atoms with Crippen LogP contribution in [0.4, 0.5) is 18.9 Å². The highest BCUT2D eigenvalue weighted by atomic mass is 19.4. The Morgan fingerprint density at radius 3 is 2.62 bits per heavy atom. The van der Waals surface area contributed by atoms with Crippen LogP contribution in [0.5, 0.6) is 0 Å². The molecule has 1 saturated heterocycles. The van der Waals surface area contributed by atoms with Gasteiger partial charge in [0.1, 0.15) is 12.3 Å². The number of carbonyl (C=O) groups is 1. The smallest absolute Gasteiger partial charge is 0.369 e. The summed E-state index contributed by atoms with van der Waals surface area (Å²) in [6.45, 7) is 6.65. The number of piperazine rings is 1. The number of alkyl halides is 3. The topological polar surface area (TPSA) is 96.5 Å². The monoisotopic (exact) mass is 478 g/mol. The van der Waals surface area contributed by atoms with Gasteiger partial charge in [0.05, 0.1) is 16.6 Å². The predicted octanol–water partition coefficient (Wildman–Crippen LogP) is 1.96. The molecule has 34 heavy (non-hydrogen) atoms. The molecule has 182 valence electrons. The number of halogens is 3. The largest absolute Gasteiger partial charge is 0.416 e. The SMILES string of the molecule is Cc1nn(CC(=O)NCCN2CCN(c3cccc(C(F)(F)F)c3)CC2)c(=O)c2noc(C)c12. The van der Waals surface area contributed by atoms with Crippen molar-refractivity contribution >= 4 is 22.5 Å². The van der Waals surface area contributed by atoms with Crippen LogP contribution in [0.3, 0.4) is 0 Å². The van der Waals surface area contributed by atoms with Gasteiger partial charge in [0, 0.05) is 45.0 Å². The maximum Gasteiger partial charge on any atom is 0.416 e. The molecular weight excluding hydrogens is 453 g/mol. The molecule has 0 spiro atoms. The summed E-state index contributed by atoms with van der Waals surface area (Å²) in [6.07, 6.45) is -4.37. The maximum atomic E-state index is 13.0. The van der Waals surface area contributed by atoms with Crippen molar-refractivity contribution in [1.82, 2.24) is 25.2 Å². The number of nitrogens with one attached hydrogen (secondary N) is 1. The molecule has 12 heteroatoms. The summed E-state index contributed by atoms with van der Waals surface area (Å²) in [5.41, 5.74) is 0.113. The van der Waals surface area contributed by atoms with Crippen LogP contribution < -0.4 is 15.8 Å². The van der Waals surface area contributed by atoms with E-state index in [1.54, 1.807) is 19.9 Å². The minimum Gasteiger partial charge on any atom is -0.369 e. The first-order valence-electron chi connectivity index (χ1n) is 10.9. The van der Waals surface area contributed by atoms with Crippen molar-refractivity contribution in [3.8, 4) is 0 Å². The Kier molecular flexibility index (Phi) is 6.60. The van der Waals surface area contributed by atoms with E-state index < -0.39 is 17.3 Å². The molecular formula is C22H25F3N6O3. The highest BCUT2D eigenvalue weighted by molar-refractivity contribution is 5.82. The molecule has 0 atom stereocenters. The number of hydrogen-bond donors (Lipinski definition) is 1. The fourth-order valence-corrected chi connectivity index (χ4v) is 4.10. The van der Waals surface area contributed by atoms with Crippen molar-refractivity contribution < 1.29 is 22.5 Å². The molecule has 0 unspecified atom stereocenters. The summed E-state index contributed by atoms with van der Waals surface area (Å²) in [6, 6.07) is 5.34. The Bertz CT molecular complexity index is 1240. The number of hydrogen-bond acceptors (Lipinski definition) is 7. The van der Waals surface area contributed by atoms with E-state index in [4.69, 9.17) is 4.52 Å². The van der Waals surface area contributed by atoms with E-state index in [0.29, 0.717) is 61.8 Å². The summed E-state index contributed by atoms with van der Waals surface area (Å²) in [4.78, 5) is 28.9. The second-order valence-corrected chi connectivity index (χ2v) is 8.24. The third kappa shape index (κ3) is 5.06. The van der Waals surface area contributed by atoms with Crippen LogP contribution in [-0.4, -0.2) is 65.0 Å². The molecule has 1 amide bonds. The quantitative estimate of drug-likeness (QED) is 0.579. The van der Waals surface area contributed by atoms with E-state index in [1.807, 2.05) is 4.90 Å². The van der Waals surface area contributed by atoms with Crippen molar-refractivity contribution in [2.75, 3.05) is 44.2 Å². The van der Waals surface area contributed by atoms with Crippen molar-refractivity contribution in [2.45, 2.75) is 26.6 Å². The average molecular weight is 478 g/mol. The second-order valence-electron chi connectivity index (χ2n) is 8.24. The van der Waals surface area contributed by atoms with E-state index in [-0.39, 0.29) is 18.0 Å². The van der Waals surface area contributed by atoms with E-state index in [9.17, 15) is 22.8 Å². The molecule has 9 nitrogen and oxygen atoms in total. The van der Waals surface area contributed by atoms with E-state index >= 15 is 0 Å². The molecule has 1 N–H and O–H groups in total. The number of benzene rings is 1. The molecule has 4 rings (SSSR count). The molecule has 1 aliphatic heterocycles. The van der Waals surface area contributed by atoms with Gasteiger partial charge in [-0.25, -0.2) is 4.68 Å². The Hall–Kier alpha value is -3.41. The van der Waals surface area contributed by atoms with Crippen molar-refractivity contribution in [3.63, 3.8) is 0 Å². The number of aromatic nitrogens is 3. The Morgan fingerprint density at radius 1 is 1.18 bits per heavy atom. The van der Waals surface area contributed by atoms with Gasteiger partial charge >= 0.3 is 6.18 Å². The predicted molar refractivity (Wildman–Crippen MR) is 119 cm³/mol. The highest BCUT2D eigenvalue weighted by Crippen LogP contribution is 2.31. The van der Waals surface area contributed by atoms with Crippen LogP contribution in [-0.2, 0) is 17.5 Å². The van der Waals surface area contributed by atoms with Gasteiger partial charge in [0.2, 0.25) is 5.91 Å². The third-order valence-electron chi connectivity index (χ3n) is 5.89. The normalized spacial score (nSPS) is 15.1. The number of amides is 1. The van der Waals surface area contributed by atoms with Crippen LogP contribution >= 0.6 is 0 Å². The summed E-state index contributed by atoms with van der Waals surface area (Å²) < 4.78 is 45.0. The molecule has 1 aliphatic rings. The number of aryl methyl sites for hydroxylation is 2. The van der Waals surface area contributed by atoms with Crippen molar-refractivity contribution in [2.24, 2.45) is 0 Å². The van der Waals surface area contributed by atoms with Gasteiger partial charge in [0.25, 0.3) is 5.56 Å². The molecule has 1 fully saturated rings. The van der Waals surface area contributed by atoms with Gasteiger partial charge in [-0.3, -0.25) is 14.5 Å². The lowest BCUT2D eigenvalue weighted by molar-refractivity contribution is -0.137. The zero-order valence-corrected chi connectivity index (χ0v) is 18.9. The Labute approximate surface area is 193 Å². The number of anilines is 1. The van der Waals surface area contributed by atoms with Crippen molar-refractivity contribution in [1.29, 1.82) is 0 Å². The third-order valence-corrected chi connectivity index (χ3v) is 5.89. The van der Waals surface area contributed by atoms with Gasteiger partial charge in [-0.15, -0.1) is 0 Å². The summed E-state index contributed by atoms with van der Waals surface area (Å²) in [5.74, 6) is 0.151. The van der Waals surface area contributed by atoms with Gasteiger partial charge in [-0.2, -0.15) is 18.3 Å². The summed E-state index contributed by atoms with van der Waals surface area (Å²) in [5, 5.41) is 11.3. The summed E-state index contributed by atoms with van der Waals surface area (Å²) in [7, 11) is 0. The lowest BCUT2D eigenvalue weighted by Gasteiger charge is -2.36. The van der Waals surface area contributed by atoms with Crippen LogP contribution in [0.25, 0.3) is 10.9 Å².